The molecular weight excluding hydrogens is 381 g/mol. The minimum Gasteiger partial charge on any atom is -0.350 e. The van der Waals surface area contributed by atoms with Crippen molar-refractivity contribution in [3.05, 3.63) is 64.7 Å². The van der Waals surface area contributed by atoms with Gasteiger partial charge in [0.15, 0.2) is 0 Å². The van der Waals surface area contributed by atoms with Gasteiger partial charge < -0.3 is 11.5 Å². The molecule has 2 unspecified atom stereocenters. The Balaban J connectivity index is 2.09. The van der Waals surface area contributed by atoms with Gasteiger partial charge in [0.1, 0.15) is 0 Å². The van der Waals surface area contributed by atoms with Gasteiger partial charge in [0.2, 0.25) is 0 Å². The quantitative estimate of drug-likeness (QED) is 0.804. The van der Waals surface area contributed by atoms with Crippen LogP contribution in [0.1, 0.15) is 24.1 Å². The predicted octanol–water partition coefficient (Wildman–Crippen LogP) is 3.93. The highest BCUT2D eigenvalue weighted by molar-refractivity contribution is 6.30. The van der Waals surface area contributed by atoms with Gasteiger partial charge in [-0.3, -0.25) is 5.01 Å². The van der Waals surface area contributed by atoms with Crippen molar-refractivity contribution < 1.29 is 18.0 Å². The summed E-state index contributed by atoms with van der Waals surface area (Å²) in [6, 6.07) is 10.1. The molecule has 0 spiro atoms. The number of anilines is 1. The molecule has 2 atom stereocenters. The molecule has 1 aliphatic rings. The van der Waals surface area contributed by atoms with Gasteiger partial charge in [-0.25, -0.2) is 9.80 Å². The van der Waals surface area contributed by atoms with Crippen molar-refractivity contribution in [2.24, 2.45) is 11.5 Å². The summed E-state index contributed by atoms with van der Waals surface area (Å²) < 4.78 is 38.6. The summed E-state index contributed by atoms with van der Waals surface area (Å²) in [5.74, 6) is 0. The third-order valence-electron chi connectivity index (χ3n) is 4.52. The number of hydrogen-bond donors (Lipinski definition) is 2. The number of hydrazine groups is 1. The van der Waals surface area contributed by atoms with Crippen LogP contribution in [0.3, 0.4) is 0 Å². The lowest BCUT2D eigenvalue weighted by molar-refractivity contribution is -0.137. The van der Waals surface area contributed by atoms with Gasteiger partial charge in [-0.05, 0) is 48.9 Å². The smallest absolute Gasteiger partial charge is 0.350 e. The molecule has 1 aliphatic heterocycles. The molecule has 2 aromatic rings. The number of nitrogens with zero attached hydrogens (tertiary/aromatic N) is 2. The number of benzene rings is 2. The van der Waals surface area contributed by atoms with Crippen molar-refractivity contribution in [1.29, 1.82) is 0 Å². The first-order valence-electron chi connectivity index (χ1n) is 8.08. The number of urea groups is 1. The maximum absolute atomic E-state index is 12.9. The Kier molecular flexibility index (Phi) is 4.73. The molecule has 144 valence electrons. The molecule has 2 amide bonds. The monoisotopic (exact) mass is 398 g/mol. The second-order valence-electron chi connectivity index (χ2n) is 6.74. The zero-order chi connectivity index (χ0) is 20.0. The van der Waals surface area contributed by atoms with Crippen LogP contribution in [0, 0.1) is 0 Å². The number of hydrogen-bond acceptors (Lipinski definition) is 3. The first-order chi connectivity index (χ1) is 12.5. The molecule has 9 heteroatoms. The first-order valence-corrected chi connectivity index (χ1v) is 8.46. The predicted molar refractivity (Wildman–Crippen MR) is 97.0 cm³/mol. The van der Waals surface area contributed by atoms with E-state index in [9.17, 15) is 18.0 Å². The summed E-state index contributed by atoms with van der Waals surface area (Å²) >= 11 is 5.95. The highest BCUT2D eigenvalue weighted by Crippen LogP contribution is 2.42. The number of halogens is 4. The molecule has 0 saturated carbocycles. The van der Waals surface area contributed by atoms with E-state index in [4.69, 9.17) is 23.1 Å². The number of rotatable bonds is 2. The van der Waals surface area contributed by atoms with E-state index in [1.165, 1.54) is 22.2 Å². The van der Waals surface area contributed by atoms with Crippen LogP contribution in [0.15, 0.2) is 48.5 Å². The number of carbonyl (C=O) groups excluding carboxylic acids is 1. The average molecular weight is 399 g/mol. The standard InChI is InChI=1S/C18H18ClF3N4O/c1-17(24)10-25(16(23)27)26(15(17)11-2-6-13(19)7-3-11)14-8-4-12(5-9-14)18(20,21)22/h2-9,15H,10,24H2,1H3,(H2,23,27). The van der Waals surface area contributed by atoms with Crippen molar-refractivity contribution in [2.75, 3.05) is 11.6 Å². The van der Waals surface area contributed by atoms with E-state index in [-0.39, 0.29) is 6.54 Å². The van der Waals surface area contributed by atoms with Crippen LogP contribution in [0.5, 0.6) is 0 Å². The molecule has 27 heavy (non-hydrogen) atoms. The van der Waals surface area contributed by atoms with Gasteiger partial charge >= 0.3 is 12.2 Å². The van der Waals surface area contributed by atoms with Crippen LogP contribution in [-0.4, -0.2) is 23.1 Å². The van der Waals surface area contributed by atoms with E-state index in [1.807, 2.05) is 0 Å². The van der Waals surface area contributed by atoms with Crippen LogP contribution >= 0.6 is 11.6 Å². The van der Waals surface area contributed by atoms with E-state index >= 15 is 0 Å². The second kappa shape index (κ2) is 6.61. The minimum atomic E-state index is -4.45. The zero-order valence-corrected chi connectivity index (χ0v) is 15.1. The van der Waals surface area contributed by atoms with Crippen LogP contribution in [0.2, 0.25) is 5.02 Å². The molecule has 2 aromatic carbocycles. The SMILES string of the molecule is CC1(N)CN(C(N)=O)N(c2ccc(C(F)(F)F)cc2)C1c1ccc(Cl)cc1. The molecule has 1 fully saturated rings. The molecule has 0 radical (unpaired) electrons. The largest absolute Gasteiger partial charge is 0.416 e. The van der Waals surface area contributed by atoms with Crippen LogP contribution < -0.4 is 16.5 Å². The number of primary amides is 1. The van der Waals surface area contributed by atoms with Gasteiger partial charge in [0.25, 0.3) is 0 Å². The molecule has 0 bridgehead atoms. The van der Waals surface area contributed by atoms with Crippen molar-refractivity contribution in [1.82, 2.24) is 5.01 Å². The van der Waals surface area contributed by atoms with Crippen molar-refractivity contribution in [2.45, 2.75) is 24.7 Å². The Morgan fingerprint density at radius 3 is 2.19 bits per heavy atom. The lowest BCUT2D eigenvalue weighted by Crippen LogP contribution is -2.45. The molecular formula is C18H18ClF3N4O. The molecule has 1 heterocycles. The van der Waals surface area contributed by atoms with E-state index in [2.05, 4.69) is 0 Å². The van der Waals surface area contributed by atoms with Crippen LogP contribution in [0.25, 0.3) is 0 Å². The van der Waals surface area contributed by atoms with Crippen molar-refractivity contribution in [3.63, 3.8) is 0 Å². The first kappa shape index (κ1) is 19.3. The maximum Gasteiger partial charge on any atom is 0.416 e. The Hall–Kier alpha value is -2.45. The third-order valence-corrected chi connectivity index (χ3v) is 4.77. The average Bonchev–Trinajstić information content (AvgIpc) is 2.87. The molecule has 3 rings (SSSR count). The minimum absolute atomic E-state index is 0.108. The van der Waals surface area contributed by atoms with Gasteiger partial charge in [0, 0.05) is 5.02 Å². The maximum atomic E-state index is 12.9. The van der Waals surface area contributed by atoms with Crippen molar-refractivity contribution >= 4 is 23.3 Å². The third kappa shape index (κ3) is 3.68. The van der Waals surface area contributed by atoms with E-state index < -0.39 is 29.4 Å². The zero-order valence-electron chi connectivity index (χ0n) is 14.4. The van der Waals surface area contributed by atoms with Gasteiger partial charge in [-0.15, -0.1) is 0 Å². The number of amides is 2. The summed E-state index contributed by atoms with van der Waals surface area (Å²) in [7, 11) is 0. The molecule has 4 N–H and O–H groups in total. The number of carbonyl (C=O) groups is 1. The Labute approximate surface area is 159 Å². The normalized spacial score (nSPS) is 23.0. The fourth-order valence-corrected chi connectivity index (χ4v) is 3.47. The summed E-state index contributed by atoms with van der Waals surface area (Å²) in [5, 5.41) is 3.30. The Morgan fingerprint density at radius 1 is 1.15 bits per heavy atom. The van der Waals surface area contributed by atoms with Gasteiger partial charge in [0.05, 0.1) is 29.4 Å². The van der Waals surface area contributed by atoms with Gasteiger partial charge in [-0.2, -0.15) is 13.2 Å². The number of nitrogens with two attached hydrogens (primary N) is 2. The topological polar surface area (TPSA) is 75.6 Å². The molecule has 1 saturated heterocycles. The summed E-state index contributed by atoms with van der Waals surface area (Å²) in [5.41, 5.74) is 11.4. The van der Waals surface area contributed by atoms with Crippen LogP contribution in [-0.2, 0) is 6.18 Å². The van der Waals surface area contributed by atoms with Crippen molar-refractivity contribution in [3.8, 4) is 0 Å². The summed E-state index contributed by atoms with van der Waals surface area (Å²) in [4.78, 5) is 12.0. The lowest BCUT2D eigenvalue weighted by Gasteiger charge is -2.35. The fourth-order valence-electron chi connectivity index (χ4n) is 3.35. The second-order valence-corrected chi connectivity index (χ2v) is 7.18. The Bertz CT molecular complexity index is 837. The molecule has 0 aliphatic carbocycles. The fraction of sp³-hybridized carbons (Fsp3) is 0.278. The molecule has 0 aromatic heterocycles. The van der Waals surface area contributed by atoms with E-state index in [1.54, 1.807) is 31.2 Å². The highest BCUT2D eigenvalue weighted by Gasteiger charge is 2.48. The van der Waals surface area contributed by atoms with E-state index in [0.717, 1.165) is 17.7 Å². The van der Waals surface area contributed by atoms with E-state index in [0.29, 0.717) is 10.7 Å². The Morgan fingerprint density at radius 2 is 1.70 bits per heavy atom. The summed E-state index contributed by atoms with van der Waals surface area (Å²) in [6.07, 6.45) is -4.45. The molecule has 5 nitrogen and oxygen atoms in total. The highest BCUT2D eigenvalue weighted by atomic mass is 35.5. The summed E-state index contributed by atoms with van der Waals surface area (Å²) in [6.45, 7) is 1.86. The van der Waals surface area contributed by atoms with Crippen LogP contribution in [0.4, 0.5) is 23.7 Å². The van der Waals surface area contributed by atoms with Gasteiger partial charge in [-0.1, -0.05) is 23.7 Å². The number of alkyl halides is 3. The lowest BCUT2D eigenvalue weighted by atomic mass is 9.89.